The maximum atomic E-state index is 13.1. The number of Topliss-reactive ketones (excluding diaryl/α,β-unsaturated/α-hetero) is 1. The molecule has 0 aliphatic carbocycles. The highest BCUT2D eigenvalue weighted by molar-refractivity contribution is 6.31. The number of halogens is 2. The van der Waals surface area contributed by atoms with Crippen LogP contribution in [0.15, 0.2) is 54.7 Å². The van der Waals surface area contributed by atoms with E-state index in [9.17, 15) is 14.7 Å². The summed E-state index contributed by atoms with van der Waals surface area (Å²) in [5.41, 5.74) is 4.65. The second-order valence-corrected chi connectivity index (χ2v) is 12.0. The van der Waals surface area contributed by atoms with Crippen LogP contribution in [-0.2, 0) is 11.3 Å². The van der Waals surface area contributed by atoms with Gasteiger partial charge in [-0.25, -0.2) is 0 Å². The van der Waals surface area contributed by atoms with Crippen molar-refractivity contribution in [3.05, 3.63) is 81.6 Å². The second kappa shape index (κ2) is 14.0. The van der Waals surface area contributed by atoms with E-state index < -0.39 is 11.9 Å². The molecule has 0 spiro atoms. The molecular formula is C32H36Cl2N6O4. The number of methoxy groups -OCH3 is 1. The van der Waals surface area contributed by atoms with Gasteiger partial charge in [-0.2, -0.15) is 0 Å². The third-order valence-corrected chi connectivity index (χ3v) is 8.44. The summed E-state index contributed by atoms with van der Waals surface area (Å²) in [6, 6.07) is 14.1. The molecule has 4 aromatic rings. The zero-order chi connectivity index (χ0) is 31.4. The van der Waals surface area contributed by atoms with Crippen LogP contribution in [0.2, 0.25) is 10.0 Å². The zero-order valence-electron chi connectivity index (χ0n) is 24.8. The number of nitrogens with one attached hydrogen (secondary N) is 4. The largest absolute Gasteiger partial charge is 0.479 e. The standard InChI is InChI=1S/C32H36Cl2N6O4/c1-18-7-10-25(36-18)28(42)16-40(2)15-21-9-8-20(12-24(21)34)29-30(38-39-32(29)44-3)22-13-26(35-14-22)31(43)37-27(17-41)19-5-4-6-23(33)11-19/h4-6,8-9,11-14,18,25,27,35-36,41H,7,10,15-17H2,1-3H3,(H,37,43)(H,38,39)/t18?,25?,27-/m1/s1. The van der Waals surface area contributed by atoms with Crippen molar-refractivity contribution in [1.29, 1.82) is 0 Å². The molecule has 2 aromatic carbocycles. The summed E-state index contributed by atoms with van der Waals surface area (Å²) >= 11 is 12.8. The van der Waals surface area contributed by atoms with E-state index >= 15 is 0 Å². The zero-order valence-corrected chi connectivity index (χ0v) is 26.3. The highest BCUT2D eigenvalue weighted by Gasteiger charge is 2.27. The van der Waals surface area contributed by atoms with Crippen molar-refractivity contribution in [2.75, 3.05) is 27.3 Å². The molecule has 5 N–H and O–H groups in total. The Labute approximate surface area is 266 Å². The van der Waals surface area contributed by atoms with Crippen molar-refractivity contribution >= 4 is 34.9 Å². The normalized spacial score (nSPS) is 17.2. The average molecular weight is 640 g/mol. The number of rotatable bonds is 12. The molecule has 12 heteroatoms. The Balaban J connectivity index is 1.31. The summed E-state index contributed by atoms with van der Waals surface area (Å²) in [5.74, 6) is 0.170. The molecule has 2 unspecified atom stereocenters. The van der Waals surface area contributed by atoms with Crippen LogP contribution in [-0.4, -0.2) is 76.3 Å². The number of aliphatic hydroxyl groups excluding tert-OH is 1. The van der Waals surface area contributed by atoms with Gasteiger partial charge in [0.1, 0.15) is 5.69 Å². The monoisotopic (exact) mass is 638 g/mol. The molecule has 0 radical (unpaired) electrons. The number of aliphatic hydroxyl groups is 1. The molecule has 1 aliphatic heterocycles. The van der Waals surface area contributed by atoms with Crippen LogP contribution in [0.5, 0.6) is 5.88 Å². The molecule has 1 saturated heterocycles. The number of carbonyl (C=O) groups is 2. The van der Waals surface area contributed by atoms with Crippen molar-refractivity contribution in [2.24, 2.45) is 0 Å². The quantitative estimate of drug-likeness (QED) is 0.147. The van der Waals surface area contributed by atoms with Gasteiger partial charge in [0.25, 0.3) is 5.91 Å². The van der Waals surface area contributed by atoms with Crippen molar-refractivity contribution in [3.8, 4) is 28.3 Å². The lowest BCUT2D eigenvalue weighted by atomic mass is 10.0. The number of aromatic nitrogens is 3. The Morgan fingerprint density at radius 1 is 1.16 bits per heavy atom. The average Bonchev–Trinajstić information content (AvgIpc) is 3.76. The number of ether oxygens (including phenoxy) is 1. The minimum atomic E-state index is -0.628. The van der Waals surface area contributed by atoms with E-state index in [1.807, 2.05) is 30.1 Å². The predicted molar refractivity (Wildman–Crippen MR) is 171 cm³/mol. The number of ketones is 1. The first kappa shape index (κ1) is 31.7. The summed E-state index contributed by atoms with van der Waals surface area (Å²) in [4.78, 5) is 30.8. The number of benzene rings is 2. The SMILES string of the molecule is COc1n[nH]c(-c2c[nH]c(C(=O)N[C@H](CO)c3cccc(Cl)c3)c2)c1-c1ccc(CN(C)CC(=O)C2CCC(C)N2)c(Cl)c1. The fourth-order valence-electron chi connectivity index (χ4n) is 5.55. The number of hydrogen-bond donors (Lipinski definition) is 5. The van der Waals surface area contributed by atoms with Gasteiger partial charge in [-0.3, -0.25) is 19.6 Å². The minimum absolute atomic E-state index is 0.0867. The van der Waals surface area contributed by atoms with Gasteiger partial charge in [0.15, 0.2) is 5.78 Å². The molecule has 3 atom stereocenters. The molecule has 0 saturated carbocycles. The highest BCUT2D eigenvalue weighted by Crippen LogP contribution is 2.39. The van der Waals surface area contributed by atoms with Crippen LogP contribution in [0.3, 0.4) is 0 Å². The maximum Gasteiger partial charge on any atom is 0.268 e. The number of nitrogens with zero attached hydrogens (tertiary/aromatic N) is 2. The first-order valence-corrected chi connectivity index (χ1v) is 15.2. The van der Waals surface area contributed by atoms with Crippen LogP contribution in [0, 0.1) is 0 Å². The number of amides is 1. The van der Waals surface area contributed by atoms with Crippen LogP contribution in [0.4, 0.5) is 0 Å². The smallest absolute Gasteiger partial charge is 0.268 e. The second-order valence-electron chi connectivity index (χ2n) is 11.2. The fraction of sp³-hybridized carbons (Fsp3) is 0.344. The third-order valence-electron chi connectivity index (χ3n) is 7.85. The van der Waals surface area contributed by atoms with Gasteiger partial charge in [0, 0.05) is 34.4 Å². The number of aromatic amines is 2. The Morgan fingerprint density at radius 3 is 2.66 bits per heavy atom. The van der Waals surface area contributed by atoms with Crippen LogP contribution in [0.25, 0.3) is 22.4 Å². The molecular weight excluding hydrogens is 603 g/mol. The van der Waals surface area contributed by atoms with Crippen LogP contribution >= 0.6 is 23.2 Å². The molecule has 44 heavy (non-hydrogen) atoms. The van der Waals surface area contributed by atoms with E-state index in [4.69, 9.17) is 27.9 Å². The lowest BCUT2D eigenvalue weighted by Crippen LogP contribution is -2.40. The Bertz CT molecular complexity index is 1640. The molecule has 3 heterocycles. The van der Waals surface area contributed by atoms with E-state index in [1.54, 1.807) is 36.5 Å². The topological polar surface area (TPSA) is 135 Å². The van der Waals surface area contributed by atoms with Crippen molar-refractivity contribution in [1.82, 2.24) is 30.7 Å². The van der Waals surface area contributed by atoms with Gasteiger partial charge in [-0.15, -0.1) is 5.10 Å². The van der Waals surface area contributed by atoms with E-state index in [2.05, 4.69) is 32.7 Å². The minimum Gasteiger partial charge on any atom is -0.479 e. The lowest BCUT2D eigenvalue weighted by Gasteiger charge is -2.19. The summed E-state index contributed by atoms with van der Waals surface area (Å²) in [6.45, 7) is 2.66. The molecule has 1 amide bonds. The molecule has 5 rings (SSSR count). The van der Waals surface area contributed by atoms with E-state index in [-0.39, 0.29) is 18.4 Å². The summed E-state index contributed by atoms with van der Waals surface area (Å²) < 4.78 is 5.55. The fourth-order valence-corrected chi connectivity index (χ4v) is 5.99. The summed E-state index contributed by atoms with van der Waals surface area (Å²) in [6.07, 6.45) is 3.58. The first-order valence-electron chi connectivity index (χ1n) is 14.4. The maximum absolute atomic E-state index is 13.1. The third kappa shape index (κ3) is 7.17. The molecule has 232 valence electrons. The highest BCUT2D eigenvalue weighted by atomic mass is 35.5. The number of hydrogen-bond acceptors (Lipinski definition) is 7. The number of H-pyrrole nitrogens is 2. The number of carbonyl (C=O) groups excluding carboxylic acids is 2. The van der Waals surface area contributed by atoms with Crippen molar-refractivity contribution < 1.29 is 19.4 Å². The van der Waals surface area contributed by atoms with Gasteiger partial charge >= 0.3 is 0 Å². The van der Waals surface area contributed by atoms with Crippen molar-refractivity contribution in [3.63, 3.8) is 0 Å². The Hall–Kier alpha value is -3.67. The van der Waals surface area contributed by atoms with Crippen molar-refractivity contribution in [2.45, 2.75) is 44.4 Å². The number of likely N-dealkylation sites (N-methyl/N-ethyl adjacent to an activating group) is 1. The molecule has 0 bridgehead atoms. The molecule has 1 aliphatic rings. The summed E-state index contributed by atoms with van der Waals surface area (Å²) in [7, 11) is 3.45. The Kier molecular flexibility index (Phi) is 10.1. The van der Waals surface area contributed by atoms with Gasteiger partial charge < -0.3 is 25.5 Å². The summed E-state index contributed by atoms with van der Waals surface area (Å²) in [5, 5.41) is 24.5. The van der Waals surface area contributed by atoms with E-state index in [1.165, 1.54) is 7.11 Å². The molecule has 1 fully saturated rings. The van der Waals surface area contributed by atoms with Gasteiger partial charge in [-0.05, 0) is 67.8 Å². The van der Waals surface area contributed by atoms with Crippen LogP contribution < -0.4 is 15.4 Å². The molecule has 10 nitrogen and oxygen atoms in total. The lowest BCUT2D eigenvalue weighted by molar-refractivity contribution is -0.121. The Morgan fingerprint density at radius 2 is 1.98 bits per heavy atom. The van der Waals surface area contributed by atoms with Gasteiger partial charge in [-0.1, -0.05) is 47.5 Å². The first-order chi connectivity index (χ1) is 21.2. The van der Waals surface area contributed by atoms with Crippen LogP contribution in [0.1, 0.15) is 47.4 Å². The van der Waals surface area contributed by atoms with Gasteiger partial charge in [0.2, 0.25) is 5.88 Å². The van der Waals surface area contributed by atoms with E-state index in [0.29, 0.717) is 63.1 Å². The predicted octanol–water partition coefficient (Wildman–Crippen LogP) is 4.99. The molecule has 2 aromatic heterocycles. The van der Waals surface area contributed by atoms with E-state index in [0.717, 1.165) is 24.0 Å². The van der Waals surface area contributed by atoms with Gasteiger partial charge in [0.05, 0.1) is 43.6 Å².